The van der Waals surface area contributed by atoms with E-state index >= 15 is 0 Å². The van der Waals surface area contributed by atoms with Crippen molar-refractivity contribution in [3.63, 3.8) is 0 Å². The molecule has 0 saturated heterocycles. The van der Waals surface area contributed by atoms with Crippen molar-refractivity contribution in [3.05, 3.63) is 311 Å². The van der Waals surface area contributed by atoms with Crippen LogP contribution in [0.5, 0.6) is 0 Å². The van der Waals surface area contributed by atoms with Gasteiger partial charge in [-0.25, -0.2) is 0 Å². The van der Waals surface area contributed by atoms with Gasteiger partial charge in [0.1, 0.15) is 0 Å². The van der Waals surface area contributed by atoms with Gasteiger partial charge in [-0.3, -0.25) is 0 Å². The molecular formula is C84H74N6. The highest BCUT2D eigenvalue weighted by molar-refractivity contribution is 6.13. The van der Waals surface area contributed by atoms with Crippen LogP contribution in [0.15, 0.2) is 267 Å². The fraction of sp³-hybridized carbons (Fsp3) is 0.143. The van der Waals surface area contributed by atoms with Crippen LogP contribution in [-0.2, 0) is 0 Å². The molecule has 0 amide bonds. The zero-order valence-corrected chi connectivity index (χ0v) is 52.7. The number of aromatic nitrogens is 2. The van der Waals surface area contributed by atoms with E-state index in [0.717, 1.165) is 81.1 Å². The minimum absolute atomic E-state index is 0.142. The van der Waals surface area contributed by atoms with E-state index in [1.165, 1.54) is 88.1 Å². The molecule has 14 aromatic rings. The van der Waals surface area contributed by atoms with E-state index in [-0.39, 0.29) is 12.1 Å². The summed E-state index contributed by atoms with van der Waals surface area (Å²) in [5.41, 5.74) is 28.2. The van der Waals surface area contributed by atoms with E-state index in [1.54, 1.807) is 0 Å². The minimum Gasteiger partial charge on any atom is -0.335 e. The highest BCUT2D eigenvalue weighted by Gasteiger charge is 2.38. The molecule has 6 nitrogen and oxygen atoms in total. The number of rotatable bonds is 14. The first-order valence-corrected chi connectivity index (χ1v) is 31.8. The molecule has 1 aliphatic carbocycles. The molecule has 0 radical (unpaired) electrons. The van der Waals surface area contributed by atoms with Crippen LogP contribution in [0, 0.1) is 55.4 Å². The molecule has 6 heteroatoms. The number of fused-ring (bicyclic) bond motifs is 6. The Kier molecular flexibility index (Phi) is 14.2. The zero-order chi connectivity index (χ0) is 61.3. The molecule has 0 aliphatic heterocycles. The molecule has 1 aliphatic rings. The van der Waals surface area contributed by atoms with Gasteiger partial charge in [0.2, 0.25) is 0 Å². The van der Waals surface area contributed by atoms with E-state index < -0.39 is 0 Å². The van der Waals surface area contributed by atoms with Gasteiger partial charge in [0.15, 0.2) is 0 Å². The third-order valence-corrected chi connectivity index (χ3v) is 18.8. The number of nitrogens with zero attached hydrogens (tertiary/aromatic N) is 6. The Morgan fingerprint density at radius 1 is 0.200 bits per heavy atom. The minimum atomic E-state index is 0.142. The Morgan fingerprint density at radius 2 is 0.344 bits per heavy atom. The maximum Gasteiger partial charge on any atom is 0.0551 e. The summed E-state index contributed by atoms with van der Waals surface area (Å²) < 4.78 is 5.42. The van der Waals surface area contributed by atoms with Gasteiger partial charge in [-0.15, -0.1) is 0 Å². The van der Waals surface area contributed by atoms with Crippen LogP contribution in [0.3, 0.4) is 0 Å². The first kappa shape index (κ1) is 56.0. The van der Waals surface area contributed by atoms with Crippen LogP contribution in [0.25, 0.3) is 43.6 Å². The molecule has 1 fully saturated rings. The van der Waals surface area contributed by atoms with Gasteiger partial charge in [-0.1, -0.05) is 142 Å². The van der Waals surface area contributed by atoms with Crippen LogP contribution < -0.4 is 19.6 Å². The molecule has 0 bridgehead atoms. The number of anilines is 12. The van der Waals surface area contributed by atoms with Crippen molar-refractivity contribution in [3.8, 4) is 0 Å². The zero-order valence-electron chi connectivity index (χ0n) is 52.7. The standard InChI is InChI=1S/C84H74N6/c1-55-9-25-63(26-10-55)85(64-27-11-56(2)12-28-64)71-41-45-79-75(51-71)76-52-72(86(65-29-13-57(3)14-30-65)66-31-15-58(4)16-32-66)42-46-80(76)89(79)83-49-50-84(83)90-81-47-43-73(87(67-33-17-59(5)18-34-67)68-35-19-60(6)20-36-68)53-77(81)78-54-74(44-48-82(78)90)88(69-37-21-61(7)22-38-69)70-39-23-62(8)24-40-70/h9-48,51-54,83-84H,49-50H2,1-8H3. The van der Waals surface area contributed by atoms with Crippen LogP contribution in [0.4, 0.5) is 68.2 Å². The molecule has 0 N–H and O–H groups in total. The SMILES string of the molecule is Cc1ccc(N(c2ccc(C)cc2)c2ccc3c(c2)c2cc(N(c4ccc(C)cc4)c4ccc(C)cc4)ccc2n3C2CCC2n2c3ccc(N(c4ccc(C)cc4)c4ccc(C)cc4)cc3c3cc(N(c4ccc(C)cc4)c4ccc(C)cc4)ccc32)cc1. The number of hydrogen-bond acceptors (Lipinski definition) is 4. The lowest BCUT2D eigenvalue weighted by Crippen LogP contribution is -2.31. The first-order chi connectivity index (χ1) is 43.9. The van der Waals surface area contributed by atoms with Crippen molar-refractivity contribution in [2.24, 2.45) is 0 Å². The van der Waals surface area contributed by atoms with Crippen molar-refractivity contribution in [1.82, 2.24) is 9.13 Å². The first-order valence-electron chi connectivity index (χ1n) is 31.8. The van der Waals surface area contributed by atoms with Crippen molar-refractivity contribution < 1.29 is 0 Å². The van der Waals surface area contributed by atoms with Crippen LogP contribution in [0.2, 0.25) is 0 Å². The predicted molar refractivity (Wildman–Crippen MR) is 383 cm³/mol. The van der Waals surface area contributed by atoms with Crippen LogP contribution in [-0.4, -0.2) is 9.13 Å². The van der Waals surface area contributed by atoms with E-state index in [1.807, 2.05) is 0 Å². The second-order valence-electron chi connectivity index (χ2n) is 25.3. The van der Waals surface area contributed by atoms with Gasteiger partial charge in [-0.2, -0.15) is 0 Å². The Bertz CT molecular complexity index is 4140. The Balaban J connectivity index is 0.946. The Labute approximate surface area is 529 Å². The monoisotopic (exact) mass is 1170 g/mol. The summed E-state index contributed by atoms with van der Waals surface area (Å²) in [6, 6.07) is 101. The summed E-state index contributed by atoms with van der Waals surface area (Å²) in [4.78, 5) is 9.67. The van der Waals surface area contributed by atoms with Crippen molar-refractivity contribution >= 4 is 112 Å². The summed E-state index contributed by atoms with van der Waals surface area (Å²) in [5.74, 6) is 0. The molecule has 440 valence electrons. The number of aryl methyl sites for hydroxylation is 8. The molecule has 2 heterocycles. The Hall–Kier alpha value is -10.6. The van der Waals surface area contributed by atoms with Crippen molar-refractivity contribution in [2.45, 2.75) is 80.3 Å². The fourth-order valence-electron chi connectivity index (χ4n) is 13.7. The van der Waals surface area contributed by atoms with Crippen LogP contribution in [0.1, 0.15) is 69.4 Å². The molecule has 1 saturated carbocycles. The lowest BCUT2D eigenvalue weighted by atomic mass is 9.85. The molecule has 90 heavy (non-hydrogen) atoms. The van der Waals surface area contributed by atoms with Gasteiger partial charge in [0.25, 0.3) is 0 Å². The maximum atomic E-state index is 2.71. The molecule has 2 aromatic heterocycles. The molecular weight excluding hydrogens is 1090 g/mol. The normalized spacial score (nSPS) is 13.9. The molecule has 0 spiro atoms. The third-order valence-electron chi connectivity index (χ3n) is 18.8. The van der Waals surface area contributed by atoms with Gasteiger partial charge < -0.3 is 28.7 Å². The van der Waals surface area contributed by atoms with Gasteiger partial charge in [0.05, 0.1) is 12.1 Å². The molecule has 12 aromatic carbocycles. The molecule has 2 atom stereocenters. The number of hydrogen-bond donors (Lipinski definition) is 0. The smallest absolute Gasteiger partial charge is 0.0551 e. The summed E-state index contributed by atoms with van der Waals surface area (Å²) in [6.45, 7) is 17.3. The third kappa shape index (κ3) is 10.2. The van der Waals surface area contributed by atoms with Crippen molar-refractivity contribution in [2.75, 3.05) is 19.6 Å². The largest absolute Gasteiger partial charge is 0.335 e. The highest BCUT2D eigenvalue weighted by Crippen LogP contribution is 2.53. The number of benzene rings is 12. The molecule has 2 unspecified atom stereocenters. The quantitative estimate of drug-likeness (QED) is 0.108. The topological polar surface area (TPSA) is 22.8 Å². The maximum absolute atomic E-state index is 2.71. The average Bonchev–Trinajstić information content (AvgIpc) is 1.56. The lowest BCUT2D eigenvalue weighted by Gasteiger charge is -2.41. The highest BCUT2D eigenvalue weighted by atomic mass is 15.2. The second kappa shape index (κ2) is 22.9. The van der Waals surface area contributed by atoms with Crippen LogP contribution >= 0.6 is 0 Å². The Morgan fingerprint density at radius 3 is 0.489 bits per heavy atom. The van der Waals surface area contributed by atoms with Gasteiger partial charge in [-0.05, 0) is 238 Å². The molecule has 15 rings (SSSR count). The van der Waals surface area contributed by atoms with E-state index in [4.69, 9.17) is 0 Å². The second-order valence-corrected chi connectivity index (χ2v) is 25.3. The van der Waals surface area contributed by atoms with Gasteiger partial charge >= 0.3 is 0 Å². The fourth-order valence-corrected chi connectivity index (χ4v) is 13.7. The van der Waals surface area contributed by atoms with E-state index in [0.29, 0.717) is 0 Å². The van der Waals surface area contributed by atoms with E-state index in [2.05, 4.69) is 351 Å². The summed E-state index contributed by atoms with van der Waals surface area (Å²) in [7, 11) is 0. The predicted octanol–water partition coefficient (Wildman–Crippen LogP) is 23.8. The summed E-state index contributed by atoms with van der Waals surface area (Å²) in [6.07, 6.45) is 2.07. The van der Waals surface area contributed by atoms with E-state index in [9.17, 15) is 0 Å². The summed E-state index contributed by atoms with van der Waals surface area (Å²) in [5, 5.41) is 4.90. The van der Waals surface area contributed by atoms with Crippen molar-refractivity contribution in [1.29, 1.82) is 0 Å². The summed E-state index contributed by atoms with van der Waals surface area (Å²) >= 11 is 0. The average molecular weight is 1170 g/mol. The lowest BCUT2D eigenvalue weighted by molar-refractivity contribution is 0.205. The van der Waals surface area contributed by atoms with Gasteiger partial charge in [0, 0.05) is 112 Å².